The van der Waals surface area contributed by atoms with Crippen LogP contribution >= 0.6 is 23.6 Å². The third-order valence-electron chi connectivity index (χ3n) is 5.19. The number of non-ortho nitro benzene ring substituents is 1. The van der Waals surface area contributed by atoms with Gasteiger partial charge in [0.05, 0.1) is 9.80 Å². The van der Waals surface area contributed by atoms with E-state index in [0.29, 0.717) is 36.8 Å². The maximum Gasteiger partial charge on any atom is 0.271 e. The number of aromatic nitrogens is 3. The first-order valence-electron chi connectivity index (χ1n) is 9.44. The van der Waals surface area contributed by atoms with Crippen LogP contribution in [0.5, 0.6) is 0 Å². The second kappa shape index (κ2) is 8.36. The summed E-state index contributed by atoms with van der Waals surface area (Å²) < 4.78 is 2.17. The first-order valence-corrected chi connectivity index (χ1v) is 10.7. The van der Waals surface area contributed by atoms with Crippen LogP contribution in [-0.2, 0) is 4.79 Å². The van der Waals surface area contributed by atoms with Crippen molar-refractivity contribution in [3.8, 4) is 10.7 Å². The number of benzene rings is 1. The molecule has 0 radical (unpaired) electrons. The summed E-state index contributed by atoms with van der Waals surface area (Å²) in [4.78, 5) is 28.6. The Morgan fingerprint density at radius 1 is 1.27 bits per heavy atom. The first-order chi connectivity index (χ1) is 14.5. The number of thiophene rings is 1. The summed E-state index contributed by atoms with van der Waals surface area (Å²) in [6.07, 6.45) is 0. The van der Waals surface area contributed by atoms with Crippen molar-refractivity contribution in [3.05, 3.63) is 56.7 Å². The number of carbonyl (C=O) groups excluding carboxylic acids is 1. The third kappa shape index (κ3) is 3.85. The highest BCUT2D eigenvalue weighted by Gasteiger charge is 2.28. The van der Waals surface area contributed by atoms with E-state index in [0.717, 1.165) is 10.6 Å². The Hall–Kier alpha value is -3.05. The molecule has 4 rings (SSSR count). The Labute approximate surface area is 181 Å². The normalized spacial score (nSPS) is 15.2. The fraction of sp³-hybridized carbons (Fsp3) is 0.316. The molecule has 1 atom stereocenters. The van der Waals surface area contributed by atoms with Crippen LogP contribution in [0.3, 0.4) is 0 Å². The van der Waals surface area contributed by atoms with E-state index < -0.39 is 11.0 Å². The zero-order valence-corrected chi connectivity index (χ0v) is 17.9. The summed E-state index contributed by atoms with van der Waals surface area (Å²) in [6, 6.07) is 9.97. The van der Waals surface area contributed by atoms with E-state index in [9.17, 15) is 14.9 Å². The smallest absolute Gasteiger partial charge is 0.271 e. The second-order valence-electron chi connectivity index (χ2n) is 6.96. The number of anilines is 1. The van der Waals surface area contributed by atoms with Crippen LogP contribution in [0, 0.1) is 14.9 Å². The lowest BCUT2D eigenvalue weighted by molar-refractivity contribution is -0.384. The standard InChI is InChI=1S/C19H20N6O3S2/c1-13(24-17(20-21-19(24)29)16-6-3-11-30-16)18(26)23-9-7-22(8-10-23)14-4-2-5-15(12-14)25(27)28/h2-6,11-13H,7-10H2,1H3,(H,21,29). The average molecular weight is 445 g/mol. The van der Waals surface area contributed by atoms with Gasteiger partial charge in [-0.05, 0) is 36.7 Å². The molecule has 156 valence electrons. The minimum Gasteiger partial charge on any atom is -0.368 e. The highest BCUT2D eigenvalue weighted by molar-refractivity contribution is 7.71. The number of nitro benzene ring substituents is 1. The van der Waals surface area contributed by atoms with Crippen LogP contribution in [0.15, 0.2) is 41.8 Å². The van der Waals surface area contributed by atoms with Gasteiger partial charge in [0, 0.05) is 44.0 Å². The zero-order chi connectivity index (χ0) is 21.3. The largest absolute Gasteiger partial charge is 0.368 e. The van der Waals surface area contributed by atoms with Crippen LogP contribution in [0.25, 0.3) is 10.7 Å². The number of hydrogen-bond acceptors (Lipinski definition) is 7. The molecule has 0 saturated carbocycles. The van der Waals surface area contributed by atoms with Gasteiger partial charge in [-0.1, -0.05) is 12.1 Å². The third-order valence-corrected chi connectivity index (χ3v) is 6.34. The van der Waals surface area contributed by atoms with E-state index in [4.69, 9.17) is 12.2 Å². The molecule has 1 aliphatic heterocycles. The molecular formula is C19H20N6O3S2. The van der Waals surface area contributed by atoms with Gasteiger partial charge in [-0.25, -0.2) is 0 Å². The van der Waals surface area contributed by atoms with Crippen molar-refractivity contribution >= 4 is 40.8 Å². The van der Waals surface area contributed by atoms with Crippen LogP contribution in [-0.4, -0.2) is 56.7 Å². The molecule has 1 fully saturated rings. The Morgan fingerprint density at radius 3 is 2.70 bits per heavy atom. The van der Waals surface area contributed by atoms with E-state index in [2.05, 4.69) is 15.1 Å². The molecule has 2 aromatic heterocycles. The number of carbonyl (C=O) groups is 1. The maximum absolute atomic E-state index is 13.2. The van der Waals surface area contributed by atoms with Crippen LogP contribution in [0.4, 0.5) is 11.4 Å². The van der Waals surface area contributed by atoms with E-state index >= 15 is 0 Å². The fourth-order valence-electron chi connectivity index (χ4n) is 3.61. The maximum atomic E-state index is 13.2. The molecule has 1 amide bonds. The summed E-state index contributed by atoms with van der Waals surface area (Å²) in [5.74, 6) is 0.634. The summed E-state index contributed by atoms with van der Waals surface area (Å²) >= 11 is 6.92. The lowest BCUT2D eigenvalue weighted by Gasteiger charge is -2.37. The van der Waals surface area contributed by atoms with Gasteiger partial charge in [0.15, 0.2) is 10.6 Å². The SMILES string of the molecule is CC(C(=O)N1CCN(c2cccc([N+](=O)[O-])c2)CC1)n1c(-c2cccs2)n[nH]c1=S. The van der Waals surface area contributed by atoms with Crippen molar-refractivity contribution in [2.24, 2.45) is 0 Å². The molecule has 1 saturated heterocycles. The van der Waals surface area contributed by atoms with Gasteiger partial charge in [0.1, 0.15) is 6.04 Å². The molecule has 9 nitrogen and oxygen atoms in total. The van der Waals surface area contributed by atoms with Crippen molar-refractivity contribution in [2.45, 2.75) is 13.0 Å². The average Bonchev–Trinajstić information content (AvgIpc) is 3.42. The number of nitro groups is 1. The van der Waals surface area contributed by atoms with Gasteiger partial charge in [-0.15, -0.1) is 11.3 Å². The molecule has 0 bridgehead atoms. The van der Waals surface area contributed by atoms with Crippen LogP contribution in [0.1, 0.15) is 13.0 Å². The fourth-order valence-corrected chi connectivity index (χ4v) is 4.61. The molecule has 3 aromatic rings. The predicted molar refractivity (Wildman–Crippen MR) is 117 cm³/mol. The molecule has 0 aliphatic carbocycles. The number of aromatic amines is 1. The summed E-state index contributed by atoms with van der Waals surface area (Å²) in [6.45, 7) is 4.11. The molecule has 0 spiro atoms. The number of H-pyrrole nitrogens is 1. The van der Waals surface area contributed by atoms with Crippen molar-refractivity contribution in [1.82, 2.24) is 19.7 Å². The molecule has 1 unspecified atom stereocenters. The highest BCUT2D eigenvalue weighted by atomic mass is 32.1. The van der Waals surface area contributed by atoms with Gasteiger partial charge in [-0.2, -0.15) is 5.10 Å². The van der Waals surface area contributed by atoms with E-state index in [1.807, 2.05) is 35.4 Å². The molecule has 1 aromatic carbocycles. The first kappa shape index (κ1) is 20.2. The summed E-state index contributed by atoms with van der Waals surface area (Å²) in [7, 11) is 0. The number of hydrogen-bond donors (Lipinski definition) is 1. The van der Waals surface area contributed by atoms with Gasteiger partial charge >= 0.3 is 0 Å². The van der Waals surface area contributed by atoms with Crippen LogP contribution < -0.4 is 4.90 Å². The predicted octanol–water partition coefficient (Wildman–Crippen LogP) is 3.49. The number of amides is 1. The molecule has 30 heavy (non-hydrogen) atoms. The van der Waals surface area contributed by atoms with E-state index in [-0.39, 0.29) is 11.6 Å². The van der Waals surface area contributed by atoms with E-state index in [1.54, 1.807) is 28.0 Å². The van der Waals surface area contributed by atoms with Crippen molar-refractivity contribution in [2.75, 3.05) is 31.1 Å². The summed E-state index contributed by atoms with van der Waals surface area (Å²) in [5, 5.41) is 20.1. The Balaban J connectivity index is 1.46. The monoisotopic (exact) mass is 444 g/mol. The number of nitrogens with one attached hydrogen (secondary N) is 1. The minimum absolute atomic E-state index is 0.0241. The second-order valence-corrected chi connectivity index (χ2v) is 8.30. The van der Waals surface area contributed by atoms with Gasteiger partial charge in [0.2, 0.25) is 5.91 Å². The number of nitrogens with zero attached hydrogens (tertiary/aromatic N) is 5. The zero-order valence-electron chi connectivity index (χ0n) is 16.2. The summed E-state index contributed by atoms with van der Waals surface area (Å²) in [5.41, 5.74) is 0.858. The van der Waals surface area contributed by atoms with Gasteiger partial charge in [0.25, 0.3) is 5.69 Å². The molecular weight excluding hydrogens is 424 g/mol. The lowest BCUT2D eigenvalue weighted by Crippen LogP contribution is -2.50. The van der Waals surface area contributed by atoms with Crippen molar-refractivity contribution in [1.29, 1.82) is 0 Å². The van der Waals surface area contributed by atoms with E-state index in [1.165, 1.54) is 6.07 Å². The quantitative estimate of drug-likeness (QED) is 0.367. The molecule has 3 heterocycles. The van der Waals surface area contributed by atoms with Gasteiger partial charge in [-0.3, -0.25) is 24.6 Å². The number of piperazine rings is 1. The Kier molecular flexibility index (Phi) is 5.64. The minimum atomic E-state index is -0.488. The highest BCUT2D eigenvalue weighted by Crippen LogP contribution is 2.27. The van der Waals surface area contributed by atoms with Crippen molar-refractivity contribution in [3.63, 3.8) is 0 Å². The Bertz CT molecular complexity index is 1120. The topological polar surface area (TPSA) is 100 Å². The number of rotatable bonds is 5. The molecule has 1 N–H and O–H groups in total. The van der Waals surface area contributed by atoms with Crippen LogP contribution in [0.2, 0.25) is 0 Å². The van der Waals surface area contributed by atoms with Crippen molar-refractivity contribution < 1.29 is 9.72 Å². The molecule has 11 heteroatoms. The Morgan fingerprint density at radius 2 is 2.03 bits per heavy atom. The lowest BCUT2D eigenvalue weighted by atomic mass is 10.2. The van der Waals surface area contributed by atoms with Gasteiger partial charge < -0.3 is 9.80 Å². The molecule has 1 aliphatic rings.